The van der Waals surface area contributed by atoms with Gasteiger partial charge >= 0.3 is 0 Å². The maximum absolute atomic E-state index is 12.8. The lowest BCUT2D eigenvalue weighted by molar-refractivity contribution is -0.139. The Bertz CT molecular complexity index is 807. The number of amides is 2. The van der Waals surface area contributed by atoms with E-state index in [4.69, 9.17) is 28.9 Å². The molecule has 0 bridgehead atoms. The summed E-state index contributed by atoms with van der Waals surface area (Å²) in [6.45, 7) is 0.453. The fourth-order valence-corrected chi connectivity index (χ4v) is 3.55. The summed E-state index contributed by atoms with van der Waals surface area (Å²) in [5, 5.41) is 0.946. The largest absolute Gasteiger partial charge is 0.368 e. The van der Waals surface area contributed by atoms with Crippen molar-refractivity contribution in [3.8, 4) is 0 Å². The molecule has 0 aliphatic carbocycles. The van der Waals surface area contributed by atoms with Gasteiger partial charge in [-0.15, -0.1) is 0 Å². The zero-order chi connectivity index (χ0) is 17.3. The second kappa shape index (κ2) is 6.83. The van der Waals surface area contributed by atoms with Crippen LogP contribution >= 0.6 is 23.2 Å². The van der Waals surface area contributed by atoms with E-state index >= 15 is 0 Å². The number of hydrogen-bond donors (Lipinski definition) is 1. The van der Waals surface area contributed by atoms with E-state index < -0.39 is 11.9 Å². The molecule has 124 valence electrons. The van der Waals surface area contributed by atoms with Gasteiger partial charge in [0.1, 0.15) is 6.04 Å². The van der Waals surface area contributed by atoms with Crippen LogP contribution in [0.3, 0.4) is 0 Å². The van der Waals surface area contributed by atoms with Crippen molar-refractivity contribution in [2.45, 2.75) is 18.9 Å². The number of rotatable bonds is 3. The number of carbonyl (C=O) groups is 2. The molecule has 1 aliphatic rings. The average molecular weight is 363 g/mol. The molecule has 3 rings (SSSR count). The van der Waals surface area contributed by atoms with Gasteiger partial charge in [-0.1, -0.05) is 53.5 Å². The summed E-state index contributed by atoms with van der Waals surface area (Å²) in [5.74, 6) is -0.713. The normalized spacial score (nSPS) is 16.6. The van der Waals surface area contributed by atoms with Crippen molar-refractivity contribution in [1.29, 1.82) is 0 Å². The summed E-state index contributed by atoms with van der Waals surface area (Å²) >= 11 is 12.0. The van der Waals surface area contributed by atoms with E-state index in [9.17, 15) is 9.59 Å². The second-order valence-electron chi connectivity index (χ2n) is 5.75. The number of hydrogen-bond acceptors (Lipinski definition) is 2. The van der Waals surface area contributed by atoms with E-state index in [1.54, 1.807) is 18.2 Å². The van der Waals surface area contributed by atoms with Gasteiger partial charge in [0.2, 0.25) is 11.8 Å². The van der Waals surface area contributed by atoms with Gasteiger partial charge in [-0.2, -0.15) is 0 Å². The van der Waals surface area contributed by atoms with Crippen LogP contribution in [0.2, 0.25) is 10.0 Å². The Balaban J connectivity index is 1.88. The quantitative estimate of drug-likeness (QED) is 0.911. The molecule has 6 heteroatoms. The van der Waals surface area contributed by atoms with Crippen molar-refractivity contribution in [1.82, 2.24) is 4.90 Å². The van der Waals surface area contributed by atoms with Gasteiger partial charge in [-0.3, -0.25) is 9.59 Å². The summed E-state index contributed by atoms with van der Waals surface area (Å²) in [4.78, 5) is 26.3. The van der Waals surface area contributed by atoms with Crippen molar-refractivity contribution >= 4 is 35.0 Å². The van der Waals surface area contributed by atoms with Crippen LogP contribution in [0.25, 0.3) is 0 Å². The SMILES string of the molecule is NC(=O)C1c2ccccc2CCN1C(=O)Cc1ccc(Cl)cc1Cl. The Kier molecular flexibility index (Phi) is 4.78. The standard InChI is InChI=1S/C18H16Cl2N2O2/c19-13-6-5-12(15(20)10-13)9-16(23)22-8-7-11-3-1-2-4-14(11)17(22)18(21)24/h1-6,10,17H,7-9H2,(H2,21,24). The van der Waals surface area contributed by atoms with E-state index in [1.807, 2.05) is 24.3 Å². The molecule has 2 N–H and O–H groups in total. The molecular weight excluding hydrogens is 347 g/mol. The van der Waals surface area contributed by atoms with Crippen molar-refractivity contribution in [3.05, 3.63) is 69.2 Å². The summed E-state index contributed by atoms with van der Waals surface area (Å²) in [5.41, 5.74) is 8.10. The lowest BCUT2D eigenvalue weighted by Crippen LogP contribution is -2.46. The fraction of sp³-hybridized carbons (Fsp3) is 0.222. The highest BCUT2D eigenvalue weighted by Gasteiger charge is 2.34. The highest BCUT2D eigenvalue weighted by Crippen LogP contribution is 2.30. The maximum Gasteiger partial charge on any atom is 0.244 e. The Labute approximate surface area is 150 Å². The average Bonchev–Trinajstić information content (AvgIpc) is 2.56. The molecule has 0 aromatic heterocycles. The van der Waals surface area contributed by atoms with Crippen molar-refractivity contribution < 1.29 is 9.59 Å². The third-order valence-corrected chi connectivity index (χ3v) is 4.82. The van der Waals surface area contributed by atoms with Crippen LogP contribution in [0.4, 0.5) is 0 Å². The predicted octanol–water partition coefficient (Wildman–Crippen LogP) is 3.15. The summed E-state index contributed by atoms with van der Waals surface area (Å²) in [6.07, 6.45) is 0.794. The topological polar surface area (TPSA) is 63.4 Å². The number of primary amides is 1. The van der Waals surface area contributed by atoms with Crippen LogP contribution in [-0.2, 0) is 22.4 Å². The smallest absolute Gasteiger partial charge is 0.244 e. The molecule has 2 aromatic carbocycles. The Morgan fingerprint density at radius 3 is 2.62 bits per heavy atom. The first-order valence-electron chi connectivity index (χ1n) is 7.58. The third-order valence-electron chi connectivity index (χ3n) is 4.23. The van der Waals surface area contributed by atoms with Gasteiger partial charge in [0.05, 0.1) is 6.42 Å². The number of carbonyl (C=O) groups excluding carboxylic acids is 2. The zero-order valence-electron chi connectivity index (χ0n) is 12.8. The van der Waals surface area contributed by atoms with Gasteiger partial charge in [-0.25, -0.2) is 0 Å². The molecule has 4 nitrogen and oxygen atoms in total. The van der Waals surface area contributed by atoms with Gasteiger partial charge in [-0.05, 0) is 35.2 Å². The molecule has 0 saturated carbocycles. The summed E-state index contributed by atoms with van der Waals surface area (Å²) in [6, 6.07) is 11.8. The minimum absolute atomic E-state index is 0.0992. The van der Waals surface area contributed by atoms with Crippen LogP contribution in [0.1, 0.15) is 22.7 Å². The molecule has 1 aliphatic heterocycles. The molecule has 2 amide bonds. The van der Waals surface area contributed by atoms with E-state index in [1.165, 1.54) is 4.90 Å². The molecule has 0 spiro atoms. The highest BCUT2D eigenvalue weighted by molar-refractivity contribution is 6.35. The molecule has 0 radical (unpaired) electrons. The van der Waals surface area contributed by atoms with Crippen LogP contribution in [0.15, 0.2) is 42.5 Å². The number of nitrogens with two attached hydrogens (primary N) is 1. The Morgan fingerprint density at radius 2 is 1.92 bits per heavy atom. The number of fused-ring (bicyclic) bond motifs is 1. The van der Waals surface area contributed by atoms with Crippen LogP contribution in [-0.4, -0.2) is 23.3 Å². The molecule has 2 aromatic rings. The monoisotopic (exact) mass is 362 g/mol. The summed E-state index contributed by atoms with van der Waals surface area (Å²) < 4.78 is 0. The van der Waals surface area contributed by atoms with E-state index in [-0.39, 0.29) is 12.3 Å². The molecule has 24 heavy (non-hydrogen) atoms. The first-order chi connectivity index (χ1) is 11.5. The number of benzene rings is 2. The van der Waals surface area contributed by atoms with Crippen molar-refractivity contribution in [2.75, 3.05) is 6.54 Å². The van der Waals surface area contributed by atoms with Crippen LogP contribution < -0.4 is 5.73 Å². The highest BCUT2D eigenvalue weighted by atomic mass is 35.5. The fourth-order valence-electron chi connectivity index (χ4n) is 3.07. The lowest BCUT2D eigenvalue weighted by atomic mass is 9.91. The first kappa shape index (κ1) is 16.8. The molecular formula is C18H16Cl2N2O2. The van der Waals surface area contributed by atoms with Crippen LogP contribution in [0, 0.1) is 0 Å². The minimum Gasteiger partial charge on any atom is -0.368 e. The third kappa shape index (κ3) is 3.25. The van der Waals surface area contributed by atoms with Gasteiger partial charge < -0.3 is 10.6 Å². The van der Waals surface area contributed by atoms with Gasteiger partial charge in [0, 0.05) is 16.6 Å². The summed E-state index contributed by atoms with van der Waals surface area (Å²) in [7, 11) is 0. The van der Waals surface area contributed by atoms with Crippen molar-refractivity contribution in [3.63, 3.8) is 0 Å². The van der Waals surface area contributed by atoms with E-state index in [0.717, 1.165) is 11.1 Å². The molecule has 0 fully saturated rings. The number of nitrogens with zero attached hydrogens (tertiary/aromatic N) is 1. The Morgan fingerprint density at radius 1 is 1.17 bits per heavy atom. The number of halogens is 2. The van der Waals surface area contributed by atoms with Gasteiger partial charge in [0.15, 0.2) is 0 Å². The maximum atomic E-state index is 12.8. The predicted molar refractivity (Wildman–Crippen MR) is 94.0 cm³/mol. The van der Waals surface area contributed by atoms with Gasteiger partial charge in [0.25, 0.3) is 0 Å². The molecule has 1 atom stereocenters. The first-order valence-corrected chi connectivity index (χ1v) is 8.33. The molecule has 0 saturated heterocycles. The second-order valence-corrected chi connectivity index (χ2v) is 6.60. The molecule has 1 heterocycles. The lowest BCUT2D eigenvalue weighted by Gasteiger charge is -2.35. The zero-order valence-corrected chi connectivity index (χ0v) is 14.3. The Hall–Kier alpha value is -2.04. The van der Waals surface area contributed by atoms with E-state index in [2.05, 4.69) is 0 Å². The minimum atomic E-state index is -0.742. The van der Waals surface area contributed by atoms with Crippen LogP contribution in [0.5, 0.6) is 0 Å². The van der Waals surface area contributed by atoms with E-state index in [0.29, 0.717) is 28.6 Å². The van der Waals surface area contributed by atoms with Crippen molar-refractivity contribution in [2.24, 2.45) is 5.73 Å². The molecule has 1 unspecified atom stereocenters.